The van der Waals surface area contributed by atoms with Gasteiger partial charge < -0.3 is 0 Å². The molecule has 0 aliphatic rings. The maximum absolute atomic E-state index is 4.26. The Kier molecular flexibility index (Phi) is 3.33. The zero-order valence-electron chi connectivity index (χ0n) is 8.29. The van der Waals surface area contributed by atoms with E-state index in [0.29, 0.717) is 0 Å². The average molecular weight is 237 g/mol. The van der Waals surface area contributed by atoms with Crippen molar-refractivity contribution in [2.45, 2.75) is 17.8 Å². The molecule has 2 aromatic rings. The topological polar surface area (TPSA) is 30.7 Å². The number of hydrogen-bond acceptors (Lipinski definition) is 4. The molecular weight excluding hydrogens is 226 g/mol. The molecule has 1 aromatic carbocycles. The molecule has 0 aliphatic carbocycles. The Labute approximate surface area is 98.5 Å². The molecule has 0 fully saturated rings. The number of aromatic nitrogens is 3. The smallest absolute Gasteiger partial charge is 0.206 e. The van der Waals surface area contributed by atoms with Gasteiger partial charge in [-0.25, -0.2) is 4.98 Å². The predicted molar refractivity (Wildman–Crippen MR) is 65.1 cm³/mol. The highest BCUT2D eigenvalue weighted by Crippen LogP contribution is 2.19. The van der Waals surface area contributed by atoms with Gasteiger partial charge in [-0.3, -0.25) is 0 Å². The van der Waals surface area contributed by atoms with E-state index in [1.165, 1.54) is 9.65 Å². The molecule has 0 aliphatic heterocycles. The van der Waals surface area contributed by atoms with E-state index >= 15 is 0 Å². The number of nitrogens with zero attached hydrogens (tertiary/aromatic N) is 3. The summed E-state index contributed by atoms with van der Waals surface area (Å²) in [5.74, 6) is 1.70. The summed E-state index contributed by atoms with van der Waals surface area (Å²) >= 11 is 5.75. The highest BCUT2D eigenvalue weighted by molar-refractivity contribution is 7.98. The standard InChI is InChI=1S/C10H11N3S2/c1-8-11-10(12-13(8)14)15-7-9-5-3-2-4-6-9/h2-6,14H,7H2,1H3. The van der Waals surface area contributed by atoms with Gasteiger partial charge in [-0.15, -0.1) is 5.10 Å². The minimum Gasteiger partial charge on any atom is -0.206 e. The van der Waals surface area contributed by atoms with Gasteiger partial charge in [0.25, 0.3) is 0 Å². The van der Waals surface area contributed by atoms with E-state index in [0.717, 1.165) is 16.7 Å². The molecule has 78 valence electrons. The number of hydrogen-bond donors (Lipinski definition) is 1. The van der Waals surface area contributed by atoms with Crippen LogP contribution in [0.4, 0.5) is 0 Å². The zero-order chi connectivity index (χ0) is 10.7. The Morgan fingerprint density at radius 1 is 1.33 bits per heavy atom. The van der Waals surface area contributed by atoms with Crippen LogP contribution in [0.3, 0.4) is 0 Å². The summed E-state index contributed by atoms with van der Waals surface area (Å²) < 4.78 is 1.49. The Bertz CT molecular complexity index is 420. The molecule has 3 nitrogen and oxygen atoms in total. The van der Waals surface area contributed by atoms with Gasteiger partial charge in [-0.2, -0.15) is 4.09 Å². The molecule has 0 spiro atoms. The number of rotatable bonds is 3. The Morgan fingerprint density at radius 3 is 2.67 bits per heavy atom. The number of aryl methyl sites for hydroxylation is 1. The average Bonchev–Trinajstić information content (AvgIpc) is 2.57. The first kappa shape index (κ1) is 10.6. The molecule has 0 bridgehead atoms. The molecule has 0 saturated heterocycles. The molecule has 1 heterocycles. The zero-order valence-corrected chi connectivity index (χ0v) is 10.0. The van der Waals surface area contributed by atoms with Crippen molar-refractivity contribution in [3.63, 3.8) is 0 Å². The van der Waals surface area contributed by atoms with E-state index in [4.69, 9.17) is 0 Å². The fraction of sp³-hybridized carbons (Fsp3) is 0.200. The maximum Gasteiger partial charge on any atom is 0.210 e. The fourth-order valence-corrected chi connectivity index (χ4v) is 2.16. The molecule has 5 heteroatoms. The van der Waals surface area contributed by atoms with Crippen LogP contribution in [-0.4, -0.2) is 14.2 Å². The van der Waals surface area contributed by atoms with Crippen molar-refractivity contribution < 1.29 is 0 Å². The van der Waals surface area contributed by atoms with E-state index in [-0.39, 0.29) is 0 Å². The van der Waals surface area contributed by atoms with E-state index in [1.807, 2.05) is 25.1 Å². The molecule has 0 radical (unpaired) electrons. The normalized spacial score (nSPS) is 10.5. The van der Waals surface area contributed by atoms with Crippen LogP contribution in [0, 0.1) is 6.92 Å². The van der Waals surface area contributed by atoms with Crippen LogP contribution in [0.25, 0.3) is 0 Å². The van der Waals surface area contributed by atoms with Crippen molar-refractivity contribution >= 4 is 24.6 Å². The quantitative estimate of drug-likeness (QED) is 0.657. The molecule has 0 unspecified atom stereocenters. The van der Waals surface area contributed by atoms with Crippen molar-refractivity contribution in [3.8, 4) is 0 Å². The van der Waals surface area contributed by atoms with Crippen molar-refractivity contribution in [1.29, 1.82) is 0 Å². The van der Waals surface area contributed by atoms with Crippen molar-refractivity contribution in [3.05, 3.63) is 41.7 Å². The first-order valence-electron chi connectivity index (χ1n) is 4.55. The van der Waals surface area contributed by atoms with E-state index in [1.54, 1.807) is 11.8 Å². The minimum atomic E-state index is 0.770. The molecule has 0 atom stereocenters. The van der Waals surface area contributed by atoms with Gasteiger partial charge in [0.15, 0.2) is 0 Å². The van der Waals surface area contributed by atoms with Crippen LogP contribution < -0.4 is 0 Å². The second-order valence-electron chi connectivity index (χ2n) is 3.11. The molecule has 0 amide bonds. The predicted octanol–water partition coefficient (Wildman–Crippen LogP) is 2.57. The molecule has 1 aromatic heterocycles. The van der Waals surface area contributed by atoms with Crippen LogP contribution in [0.15, 0.2) is 35.5 Å². The minimum absolute atomic E-state index is 0.770. The van der Waals surface area contributed by atoms with Crippen LogP contribution in [0.1, 0.15) is 11.4 Å². The Morgan fingerprint density at radius 2 is 2.07 bits per heavy atom. The van der Waals surface area contributed by atoms with Gasteiger partial charge >= 0.3 is 0 Å². The molecule has 0 N–H and O–H groups in total. The summed E-state index contributed by atoms with van der Waals surface area (Å²) in [5.41, 5.74) is 1.27. The van der Waals surface area contributed by atoms with E-state index in [2.05, 4.69) is 35.0 Å². The maximum atomic E-state index is 4.26. The van der Waals surface area contributed by atoms with Crippen molar-refractivity contribution in [2.24, 2.45) is 0 Å². The molecular formula is C10H11N3S2. The molecule has 2 rings (SSSR count). The monoisotopic (exact) mass is 237 g/mol. The van der Waals surface area contributed by atoms with Gasteiger partial charge in [0.2, 0.25) is 5.16 Å². The van der Waals surface area contributed by atoms with Crippen LogP contribution in [-0.2, 0) is 5.75 Å². The number of thiol groups is 1. The lowest BCUT2D eigenvalue weighted by Crippen LogP contribution is -1.85. The van der Waals surface area contributed by atoms with Crippen molar-refractivity contribution in [2.75, 3.05) is 0 Å². The van der Waals surface area contributed by atoms with Crippen LogP contribution in [0.2, 0.25) is 0 Å². The molecule has 15 heavy (non-hydrogen) atoms. The SMILES string of the molecule is Cc1nc(SCc2ccccc2)nn1S. The lowest BCUT2D eigenvalue weighted by molar-refractivity contribution is 0.922. The second-order valence-corrected chi connectivity index (χ2v) is 4.43. The highest BCUT2D eigenvalue weighted by Gasteiger charge is 2.04. The highest BCUT2D eigenvalue weighted by atomic mass is 32.2. The summed E-state index contributed by atoms with van der Waals surface area (Å²) in [4.78, 5) is 4.26. The first-order valence-corrected chi connectivity index (χ1v) is 5.94. The summed E-state index contributed by atoms with van der Waals surface area (Å²) in [6, 6.07) is 10.3. The lowest BCUT2D eigenvalue weighted by atomic mass is 10.2. The largest absolute Gasteiger partial charge is 0.210 e. The molecule has 0 saturated carbocycles. The summed E-state index contributed by atoms with van der Waals surface area (Å²) in [7, 11) is 0. The summed E-state index contributed by atoms with van der Waals surface area (Å²) in [5, 5.41) is 4.93. The summed E-state index contributed by atoms with van der Waals surface area (Å²) in [6.07, 6.45) is 0. The van der Waals surface area contributed by atoms with Gasteiger partial charge in [-0.1, -0.05) is 42.1 Å². The number of thioether (sulfide) groups is 1. The third-order valence-corrected chi connectivity index (χ3v) is 3.23. The first-order chi connectivity index (χ1) is 7.25. The Balaban J connectivity index is 1.99. The van der Waals surface area contributed by atoms with Gasteiger partial charge in [0, 0.05) is 5.75 Å². The Hall–Kier alpha value is -0.940. The van der Waals surface area contributed by atoms with E-state index < -0.39 is 0 Å². The van der Waals surface area contributed by atoms with Crippen LogP contribution in [0.5, 0.6) is 0 Å². The fourth-order valence-electron chi connectivity index (χ4n) is 1.14. The third kappa shape index (κ3) is 2.76. The summed E-state index contributed by atoms with van der Waals surface area (Å²) in [6.45, 7) is 1.88. The van der Waals surface area contributed by atoms with Crippen LogP contribution >= 0.6 is 24.6 Å². The lowest BCUT2D eigenvalue weighted by Gasteiger charge is -1.96. The third-order valence-electron chi connectivity index (χ3n) is 1.94. The number of benzene rings is 1. The van der Waals surface area contributed by atoms with E-state index in [9.17, 15) is 0 Å². The van der Waals surface area contributed by atoms with Gasteiger partial charge in [0.1, 0.15) is 5.82 Å². The van der Waals surface area contributed by atoms with Gasteiger partial charge in [0.05, 0.1) is 0 Å². The van der Waals surface area contributed by atoms with Crippen molar-refractivity contribution in [1.82, 2.24) is 14.2 Å². The van der Waals surface area contributed by atoms with Gasteiger partial charge in [-0.05, 0) is 25.3 Å². The second kappa shape index (κ2) is 4.72.